The van der Waals surface area contributed by atoms with Gasteiger partial charge in [-0.3, -0.25) is 24.0 Å². The SMILES string of the molecule is Cc1ccc(CN(C(=O)CN(c2cccc([N+](=O)[O-])c2)S(C)(=O)=O)C(Cc2ccccc2)C(=O)NC2CCCC2)cc1. The van der Waals surface area contributed by atoms with Crippen molar-refractivity contribution in [2.24, 2.45) is 0 Å². The van der Waals surface area contributed by atoms with Crippen molar-refractivity contribution < 1.29 is 22.9 Å². The molecule has 11 heteroatoms. The smallest absolute Gasteiger partial charge is 0.271 e. The van der Waals surface area contributed by atoms with E-state index in [0.29, 0.717) is 0 Å². The molecule has 10 nitrogen and oxygen atoms in total. The molecule has 1 aliphatic carbocycles. The first-order chi connectivity index (χ1) is 20.0. The summed E-state index contributed by atoms with van der Waals surface area (Å²) in [5.74, 6) is -0.900. The quantitative estimate of drug-likeness (QED) is 0.246. The molecule has 3 aromatic rings. The Balaban J connectivity index is 1.73. The molecule has 0 saturated heterocycles. The minimum absolute atomic E-state index is 0.00893. The van der Waals surface area contributed by atoms with Gasteiger partial charge < -0.3 is 10.2 Å². The first-order valence-corrected chi connectivity index (χ1v) is 15.8. The van der Waals surface area contributed by atoms with E-state index >= 15 is 0 Å². The van der Waals surface area contributed by atoms with Crippen LogP contribution in [0.15, 0.2) is 78.9 Å². The lowest BCUT2D eigenvalue weighted by molar-refractivity contribution is -0.384. The van der Waals surface area contributed by atoms with Gasteiger partial charge in [-0.15, -0.1) is 0 Å². The van der Waals surface area contributed by atoms with Gasteiger partial charge in [-0.1, -0.05) is 79.1 Å². The van der Waals surface area contributed by atoms with Gasteiger partial charge >= 0.3 is 0 Å². The number of nitrogens with one attached hydrogen (secondary N) is 1. The van der Waals surface area contributed by atoms with Gasteiger partial charge in [0.05, 0.1) is 16.9 Å². The summed E-state index contributed by atoms with van der Waals surface area (Å²) in [6.07, 6.45) is 4.94. The Morgan fingerprint density at radius 1 is 0.976 bits per heavy atom. The van der Waals surface area contributed by atoms with Gasteiger partial charge in [-0.25, -0.2) is 8.42 Å². The molecule has 1 fully saturated rings. The zero-order valence-electron chi connectivity index (χ0n) is 23.8. The highest BCUT2D eigenvalue weighted by atomic mass is 32.2. The molecule has 1 aliphatic rings. The predicted molar refractivity (Wildman–Crippen MR) is 161 cm³/mol. The van der Waals surface area contributed by atoms with Crippen LogP contribution in [0.25, 0.3) is 0 Å². The molecule has 42 heavy (non-hydrogen) atoms. The van der Waals surface area contributed by atoms with Crippen LogP contribution >= 0.6 is 0 Å². The molecule has 222 valence electrons. The van der Waals surface area contributed by atoms with E-state index in [4.69, 9.17) is 0 Å². The largest absolute Gasteiger partial charge is 0.352 e. The molecular weight excluding hydrogens is 556 g/mol. The second kappa shape index (κ2) is 13.6. The molecule has 1 N–H and O–H groups in total. The van der Waals surface area contributed by atoms with Crippen LogP contribution in [-0.4, -0.2) is 54.9 Å². The number of hydrogen-bond donors (Lipinski definition) is 1. The number of aryl methyl sites for hydroxylation is 1. The summed E-state index contributed by atoms with van der Waals surface area (Å²) in [7, 11) is -4.03. The topological polar surface area (TPSA) is 130 Å². The average Bonchev–Trinajstić information content (AvgIpc) is 3.47. The third-order valence-corrected chi connectivity index (χ3v) is 8.59. The first kappa shape index (κ1) is 30.7. The minimum Gasteiger partial charge on any atom is -0.352 e. The molecule has 0 bridgehead atoms. The third kappa shape index (κ3) is 8.16. The zero-order chi connectivity index (χ0) is 30.3. The highest BCUT2D eigenvalue weighted by Crippen LogP contribution is 2.25. The van der Waals surface area contributed by atoms with E-state index in [-0.39, 0.29) is 36.3 Å². The molecule has 1 saturated carbocycles. The van der Waals surface area contributed by atoms with E-state index in [1.165, 1.54) is 23.1 Å². The fourth-order valence-corrected chi connectivity index (χ4v) is 6.03. The van der Waals surface area contributed by atoms with E-state index < -0.39 is 33.4 Å². The van der Waals surface area contributed by atoms with E-state index in [0.717, 1.165) is 59.0 Å². The number of amides is 2. The van der Waals surface area contributed by atoms with Gasteiger partial charge in [0.1, 0.15) is 12.6 Å². The molecule has 1 unspecified atom stereocenters. The van der Waals surface area contributed by atoms with Gasteiger partial charge in [-0.2, -0.15) is 0 Å². The van der Waals surface area contributed by atoms with E-state index in [2.05, 4.69) is 5.32 Å². The van der Waals surface area contributed by atoms with Crippen molar-refractivity contribution in [3.05, 3.63) is 106 Å². The van der Waals surface area contributed by atoms with Crippen molar-refractivity contribution in [1.29, 1.82) is 0 Å². The van der Waals surface area contributed by atoms with Gasteiger partial charge in [0.15, 0.2) is 0 Å². The second-order valence-electron chi connectivity index (χ2n) is 10.7. The number of rotatable bonds is 12. The summed E-state index contributed by atoms with van der Waals surface area (Å²) in [5, 5.41) is 14.5. The number of nitro benzene ring substituents is 1. The van der Waals surface area contributed by atoms with Crippen molar-refractivity contribution in [1.82, 2.24) is 10.2 Å². The third-order valence-electron chi connectivity index (χ3n) is 7.45. The summed E-state index contributed by atoms with van der Waals surface area (Å²) in [4.78, 5) is 40.2. The number of sulfonamides is 1. The van der Waals surface area contributed by atoms with Crippen LogP contribution in [-0.2, 0) is 32.6 Å². The number of carbonyl (C=O) groups is 2. The molecular formula is C31H36N4O6S. The van der Waals surface area contributed by atoms with Crippen LogP contribution in [0.4, 0.5) is 11.4 Å². The Kier molecular flexibility index (Phi) is 9.95. The molecule has 0 spiro atoms. The van der Waals surface area contributed by atoms with Crippen molar-refractivity contribution in [3.8, 4) is 0 Å². The number of benzene rings is 3. The average molecular weight is 593 g/mol. The monoisotopic (exact) mass is 592 g/mol. The van der Waals surface area contributed by atoms with Crippen molar-refractivity contribution in [2.75, 3.05) is 17.1 Å². The Morgan fingerprint density at radius 3 is 2.26 bits per heavy atom. The zero-order valence-corrected chi connectivity index (χ0v) is 24.6. The first-order valence-electron chi connectivity index (χ1n) is 13.9. The Morgan fingerprint density at radius 2 is 1.64 bits per heavy atom. The van der Waals surface area contributed by atoms with Crippen molar-refractivity contribution >= 4 is 33.2 Å². The number of non-ortho nitro benzene ring substituents is 1. The minimum atomic E-state index is -4.03. The van der Waals surface area contributed by atoms with Crippen LogP contribution < -0.4 is 9.62 Å². The molecule has 0 radical (unpaired) electrons. The fourth-order valence-electron chi connectivity index (χ4n) is 5.19. The number of nitro groups is 1. The molecule has 0 aliphatic heterocycles. The van der Waals surface area contributed by atoms with Crippen molar-refractivity contribution in [2.45, 2.75) is 57.7 Å². The lowest BCUT2D eigenvalue weighted by Crippen LogP contribution is -2.54. The van der Waals surface area contributed by atoms with Crippen LogP contribution in [0.2, 0.25) is 0 Å². The number of nitrogens with zero attached hydrogens (tertiary/aromatic N) is 3. The molecule has 3 aromatic carbocycles. The van der Waals surface area contributed by atoms with Crippen molar-refractivity contribution in [3.63, 3.8) is 0 Å². The second-order valence-corrected chi connectivity index (χ2v) is 12.7. The van der Waals surface area contributed by atoms with Crippen LogP contribution in [0.3, 0.4) is 0 Å². The Labute approximate surface area is 246 Å². The highest BCUT2D eigenvalue weighted by molar-refractivity contribution is 7.92. The van der Waals surface area contributed by atoms with E-state index in [9.17, 15) is 28.1 Å². The standard InChI is InChI=1S/C31H36N4O6S/c1-23-15-17-25(18-16-23)21-33(29(19-24-9-4-3-5-10-24)31(37)32-26-11-6-7-12-26)30(36)22-34(42(2,40)41)27-13-8-14-28(20-27)35(38)39/h3-5,8-10,13-18,20,26,29H,6-7,11-12,19,21-22H2,1-2H3,(H,32,37). The lowest BCUT2D eigenvalue weighted by atomic mass is 10.0. The summed E-state index contributed by atoms with van der Waals surface area (Å²) < 4.78 is 26.6. The van der Waals surface area contributed by atoms with Crippen LogP contribution in [0.5, 0.6) is 0 Å². The normalized spacial score (nSPS) is 14.2. The van der Waals surface area contributed by atoms with Crippen LogP contribution in [0, 0.1) is 17.0 Å². The van der Waals surface area contributed by atoms with Gasteiger partial charge in [0.25, 0.3) is 5.69 Å². The highest BCUT2D eigenvalue weighted by Gasteiger charge is 2.34. The summed E-state index contributed by atoms with van der Waals surface area (Å²) in [5.41, 5.74) is 2.35. The summed E-state index contributed by atoms with van der Waals surface area (Å²) in [6.45, 7) is 1.39. The summed E-state index contributed by atoms with van der Waals surface area (Å²) in [6, 6.07) is 21.2. The molecule has 0 aromatic heterocycles. The molecule has 4 rings (SSSR count). The lowest BCUT2D eigenvalue weighted by Gasteiger charge is -2.34. The van der Waals surface area contributed by atoms with Gasteiger partial charge in [-0.05, 0) is 37.0 Å². The van der Waals surface area contributed by atoms with Crippen LogP contribution in [0.1, 0.15) is 42.4 Å². The molecule has 0 heterocycles. The van der Waals surface area contributed by atoms with Gasteiger partial charge in [0.2, 0.25) is 21.8 Å². The summed E-state index contributed by atoms with van der Waals surface area (Å²) >= 11 is 0. The number of anilines is 1. The number of carbonyl (C=O) groups excluding carboxylic acids is 2. The van der Waals surface area contributed by atoms with E-state index in [1.54, 1.807) is 0 Å². The fraction of sp³-hybridized carbons (Fsp3) is 0.355. The predicted octanol–water partition coefficient (Wildman–Crippen LogP) is 4.37. The maximum atomic E-state index is 14.1. The molecule has 1 atom stereocenters. The Bertz CT molecular complexity index is 1510. The van der Waals surface area contributed by atoms with E-state index in [1.807, 2.05) is 61.5 Å². The number of hydrogen-bond acceptors (Lipinski definition) is 6. The molecule has 2 amide bonds. The Hall–Kier alpha value is -4.25. The van der Waals surface area contributed by atoms with Gasteiger partial charge in [0, 0.05) is 31.1 Å². The maximum Gasteiger partial charge on any atom is 0.271 e. The maximum absolute atomic E-state index is 14.1.